The molecule has 10 heteroatoms. The van der Waals surface area contributed by atoms with E-state index in [0.29, 0.717) is 23.0 Å². The number of carbonyl (C=O) groups excluding carboxylic acids is 2. The van der Waals surface area contributed by atoms with Gasteiger partial charge in [0.15, 0.2) is 0 Å². The van der Waals surface area contributed by atoms with E-state index < -0.39 is 28.5 Å². The molecule has 0 heterocycles. The van der Waals surface area contributed by atoms with Crippen molar-refractivity contribution in [3.8, 4) is 5.75 Å². The number of nitrogens with zero attached hydrogens (tertiary/aromatic N) is 2. The minimum atomic E-state index is -4.20. The summed E-state index contributed by atoms with van der Waals surface area (Å²) < 4.78 is 34.6. The maximum absolute atomic E-state index is 14.4. The Labute approximate surface area is 264 Å². The summed E-state index contributed by atoms with van der Waals surface area (Å²) in [5.74, 6) is -0.285. The van der Waals surface area contributed by atoms with E-state index >= 15 is 0 Å². The summed E-state index contributed by atoms with van der Waals surface area (Å²) in [6.07, 6.45) is 0.233. The fourth-order valence-electron chi connectivity index (χ4n) is 4.79. The van der Waals surface area contributed by atoms with Gasteiger partial charge in [-0.05, 0) is 73.5 Å². The molecule has 0 bridgehead atoms. The number of rotatable bonds is 13. The second kappa shape index (κ2) is 14.9. The van der Waals surface area contributed by atoms with Gasteiger partial charge in [0.2, 0.25) is 11.8 Å². The van der Waals surface area contributed by atoms with E-state index in [4.69, 9.17) is 16.3 Å². The first kappa shape index (κ1) is 32.6. The Bertz CT molecular complexity index is 1660. The van der Waals surface area contributed by atoms with Gasteiger partial charge in [0, 0.05) is 24.5 Å². The molecule has 4 aromatic rings. The Hall–Kier alpha value is -4.34. The normalized spacial score (nSPS) is 11.8. The Kier molecular flexibility index (Phi) is 11.0. The van der Waals surface area contributed by atoms with Gasteiger partial charge in [-0.25, -0.2) is 8.42 Å². The highest BCUT2D eigenvalue weighted by Crippen LogP contribution is 2.26. The number of ether oxygens (including phenoxy) is 1. The topological polar surface area (TPSA) is 96.0 Å². The summed E-state index contributed by atoms with van der Waals surface area (Å²) in [5.41, 5.74) is 2.83. The first-order valence-electron chi connectivity index (χ1n) is 14.2. The molecule has 0 unspecified atom stereocenters. The number of nitrogens with one attached hydrogen (secondary N) is 1. The number of sulfonamides is 1. The predicted octanol–water partition coefficient (Wildman–Crippen LogP) is 5.63. The molecular formula is C34H36ClN3O5S. The smallest absolute Gasteiger partial charge is 0.264 e. The lowest BCUT2D eigenvalue weighted by atomic mass is 10.0. The maximum Gasteiger partial charge on any atom is 0.264 e. The number of anilines is 1. The van der Waals surface area contributed by atoms with Crippen molar-refractivity contribution in [2.24, 2.45) is 0 Å². The van der Waals surface area contributed by atoms with Gasteiger partial charge in [-0.1, -0.05) is 71.8 Å². The van der Waals surface area contributed by atoms with E-state index in [1.54, 1.807) is 49.6 Å². The maximum atomic E-state index is 14.4. The van der Waals surface area contributed by atoms with Crippen LogP contribution in [0.4, 0.5) is 5.69 Å². The zero-order valence-corrected chi connectivity index (χ0v) is 26.5. The lowest BCUT2D eigenvalue weighted by Crippen LogP contribution is -2.53. The van der Waals surface area contributed by atoms with Gasteiger partial charge in [-0.2, -0.15) is 0 Å². The molecule has 0 saturated carbocycles. The van der Waals surface area contributed by atoms with Crippen molar-refractivity contribution in [2.45, 2.75) is 37.8 Å². The molecule has 4 aromatic carbocycles. The molecule has 44 heavy (non-hydrogen) atoms. The average molecular weight is 634 g/mol. The molecule has 230 valence electrons. The minimum absolute atomic E-state index is 0.0146. The largest absolute Gasteiger partial charge is 0.497 e. The highest BCUT2D eigenvalue weighted by Gasteiger charge is 2.34. The Morgan fingerprint density at radius 2 is 1.55 bits per heavy atom. The summed E-state index contributed by atoms with van der Waals surface area (Å²) in [7, 11) is -2.65. The SMILES string of the molecule is CCNC(=O)[C@H](Cc1ccccc1)N(Cc1cccc(OC)c1)C(=O)CN(c1ccc(C)cc1)S(=O)(=O)c1ccc(Cl)cc1. The lowest BCUT2D eigenvalue weighted by molar-refractivity contribution is -0.140. The number of likely N-dealkylation sites (N-methyl/N-ethyl adjacent to an activating group) is 1. The van der Waals surface area contributed by atoms with Crippen LogP contribution in [0.1, 0.15) is 23.6 Å². The van der Waals surface area contributed by atoms with Crippen molar-refractivity contribution in [2.75, 3.05) is 24.5 Å². The second-order valence-electron chi connectivity index (χ2n) is 10.3. The standard InChI is InChI=1S/C34H36ClN3O5S/c1-4-36-34(40)32(22-26-9-6-5-7-10-26)37(23-27-11-8-12-30(21-27)43-3)33(39)24-38(29-17-13-25(2)14-18-29)44(41,42)31-19-15-28(35)16-20-31/h5-21,32H,4,22-24H2,1-3H3,(H,36,40)/t32-/m0/s1. The first-order chi connectivity index (χ1) is 21.1. The highest BCUT2D eigenvalue weighted by molar-refractivity contribution is 7.92. The third-order valence-electron chi connectivity index (χ3n) is 7.11. The molecule has 0 radical (unpaired) electrons. The van der Waals surface area contributed by atoms with Gasteiger partial charge in [0.05, 0.1) is 17.7 Å². The van der Waals surface area contributed by atoms with E-state index in [9.17, 15) is 18.0 Å². The lowest BCUT2D eigenvalue weighted by Gasteiger charge is -2.34. The molecule has 0 saturated heterocycles. The molecule has 4 rings (SSSR count). The van der Waals surface area contributed by atoms with Crippen LogP contribution < -0.4 is 14.4 Å². The summed E-state index contributed by atoms with van der Waals surface area (Å²) >= 11 is 6.04. The quantitative estimate of drug-likeness (QED) is 0.206. The van der Waals surface area contributed by atoms with Crippen molar-refractivity contribution in [3.63, 3.8) is 0 Å². The molecule has 2 amide bonds. The molecule has 0 spiro atoms. The Balaban J connectivity index is 1.80. The fourth-order valence-corrected chi connectivity index (χ4v) is 6.33. The predicted molar refractivity (Wildman–Crippen MR) is 173 cm³/mol. The molecule has 0 aliphatic heterocycles. The van der Waals surface area contributed by atoms with E-state index in [1.165, 1.54) is 29.2 Å². The second-order valence-corrected chi connectivity index (χ2v) is 12.6. The molecule has 0 aliphatic carbocycles. The number of carbonyl (C=O) groups is 2. The zero-order valence-electron chi connectivity index (χ0n) is 24.9. The van der Waals surface area contributed by atoms with E-state index in [2.05, 4.69) is 5.32 Å². The van der Waals surface area contributed by atoms with Gasteiger partial charge in [0.1, 0.15) is 18.3 Å². The summed E-state index contributed by atoms with van der Waals surface area (Å²) in [6, 6.07) is 28.4. The molecular weight excluding hydrogens is 598 g/mol. The number of aryl methyl sites for hydroxylation is 1. The summed E-state index contributed by atoms with van der Waals surface area (Å²) in [5, 5.41) is 3.25. The van der Waals surface area contributed by atoms with Gasteiger partial charge in [0.25, 0.3) is 10.0 Å². The van der Waals surface area contributed by atoms with Gasteiger partial charge in [-0.3, -0.25) is 13.9 Å². The van der Waals surface area contributed by atoms with Crippen LogP contribution in [0.25, 0.3) is 0 Å². The summed E-state index contributed by atoms with van der Waals surface area (Å²) in [6.45, 7) is 3.58. The van der Waals surface area contributed by atoms with Crippen LogP contribution in [-0.2, 0) is 32.6 Å². The summed E-state index contributed by atoms with van der Waals surface area (Å²) in [4.78, 5) is 29.4. The number of methoxy groups -OCH3 is 1. The molecule has 1 N–H and O–H groups in total. The number of halogens is 1. The third kappa shape index (κ3) is 8.18. The van der Waals surface area contributed by atoms with Crippen LogP contribution in [0, 0.1) is 6.92 Å². The molecule has 0 aromatic heterocycles. The molecule has 0 aliphatic rings. The van der Waals surface area contributed by atoms with Crippen molar-refractivity contribution in [3.05, 3.63) is 125 Å². The van der Waals surface area contributed by atoms with Crippen LogP contribution in [0.5, 0.6) is 5.75 Å². The van der Waals surface area contributed by atoms with Crippen LogP contribution in [-0.4, -0.2) is 51.4 Å². The van der Waals surface area contributed by atoms with Crippen LogP contribution in [0.2, 0.25) is 5.02 Å². The van der Waals surface area contributed by atoms with Crippen molar-refractivity contribution in [1.29, 1.82) is 0 Å². The number of amides is 2. The van der Waals surface area contributed by atoms with Crippen LogP contribution >= 0.6 is 11.6 Å². The number of hydrogen-bond donors (Lipinski definition) is 1. The van der Waals surface area contributed by atoms with Gasteiger partial charge < -0.3 is 15.0 Å². The van der Waals surface area contributed by atoms with Crippen molar-refractivity contribution >= 4 is 39.1 Å². The molecule has 8 nitrogen and oxygen atoms in total. The molecule has 1 atom stereocenters. The first-order valence-corrected chi connectivity index (χ1v) is 16.0. The monoisotopic (exact) mass is 633 g/mol. The van der Waals surface area contributed by atoms with Gasteiger partial charge in [-0.15, -0.1) is 0 Å². The number of benzene rings is 4. The highest BCUT2D eigenvalue weighted by atomic mass is 35.5. The number of hydrogen-bond acceptors (Lipinski definition) is 5. The third-order valence-corrected chi connectivity index (χ3v) is 9.15. The molecule has 0 fully saturated rings. The zero-order chi connectivity index (χ0) is 31.7. The Morgan fingerprint density at radius 1 is 0.886 bits per heavy atom. The van der Waals surface area contributed by atoms with Crippen molar-refractivity contribution < 1.29 is 22.7 Å². The fraction of sp³-hybridized carbons (Fsp3) is 0.235. The van der Waals surface area contributed by atoms with Crippen LogP contribution in [0.3, 0.4) is 0 Å². The van der Waals surface area contributed by atoms with E-state index in [-0.39, 0.29) is 23.8 Å². The van der Waals surface area contributed by atoms with Gasteiger partial charge >= 0.3 is 0 Å². The average Bonchev–Trinajstić information content (AvgIpc) is 3.02. The van der Waals surface area contributed by atoms with Crippen LogP contribution in [0.15, 0.2) is 108 Å². The minimum Gasteiger partial charge on any atom is -0.497 e. The van der Waals surface area contributed by atoms with E-state index in [1.807, 2.05) is 50.2 Å². The van der Waals surface area contributed by atoms with Crippen molar-refractivity contribution in [1.82, 2.24) is 10.2 Å². The van der Waals surface area contributed by atoms with E-state index in [0.717, 1.165) is 21.0 Å². The Morgan fingerprint density at radius 3 is 2.18 bits per heavy atom.